The molecule has 1 aliphatic rings. The van der Waals surface area contributed by atoms with E-state index in [1.165, 1.54) is 15.6 Å². The predicted molar refractivity (Wildman–Crippen MR) is 72.9 cm³/mol. The lowest BCUT2D eigenvalue weighted by Crippen LogP contribution is -2.41. The number of sulfonamides is 1. The minimum atomic E-state index is -3.46. The first kappa shape index (κ1) is 14.4. The number of hydrogen-bond donors (Lipinski definition) is 2. The summed E-state index contributed by atoms with van der Waals surface area (Å²) in [5, 5.41) is 0. The van der Waals surface area contributed by atoms with Gasteiger partial charge in [0.05, 0.1) is 0 Å². The van der Waals surface area contributed by atoms with Gasteiger partial charge in [-0.25, -0.2) is 8.42 Å². The average molecular weight is 303 g/mol. The van der Waals surface area contributed by atoms with Crippen molar-refractivity contribution in [3.8, 4) is 0 Å². The number of thiophene rings is 1. The first-order valence-electron chi connectivity index (χ1n) is 6.03. The van der Waals surface area contributed by atoms with E-state index in [2.05, 4.69) is 0 Å². The molecule has 1 aromatic heterocycles. The number of primary amides is 1. The molecule has 0 bridgehead atoms. The fourth-order valence-corrected chi connectivity index (χ4v) is 4.97. The Labute approximate surface area is 116 Å². The second kappa shape index (κ2) is 5.58. The van der Waals surface area contributed by atoms with Crippen LogP contribution in [0.15, 0.2) is 16.3 Å². The number of nitrogens with two attached hydrogens (primary N) is 2. The van der Waals surface area contributed by atoms with Crippen LogP contribution in [0.2, 0.25) is 0 Å². The molecule has 1 aromatic rings. The largest absolute Gasteiger partial charge is 0.369 e. The Kier molecular flexibility index (Phi) is 4.24. The molecule has 6 nitrogen and oxygen atoms in total. The molecule has 2 heterocycles. The van der Waals surface area contributed by atoms with Crippen molar-refractivity contribution in [1.29, 1.82) is 0 Å². The number of amides is 1. The second-order valence-corrected chi connectivity index (χ2v) is 7.84. The van der Waals surface area contributed by atoms with E-state index in [4.69, 9.17) is 11.5 Å². The summed E-state index contributed by atoms with van der Waals surface area (Å²) in [4.78, 5) is 11.9. The van der Waals surface area contributed by atoms with Crippen LogP contribution in [-0.2, 0) is 21.4 Å². The molecule has 1 saturated heterocycles. The van der Waals surface area contributed by atoms with Crippen LogP contribution < -0.4 is 11.5 Å². The van der Waals surface area contributed by atoms with E-state index in [9.17, 15) is 13.2 Å². The highest BCUT2D eigenvalue weighted by atomic mass is 32.2. The number of carbonyl (C=O) groups is 1. The lowest BCUT2D eigenvalue weighted by Gasteiger charge is -2.29. The lowest BCUT2D eigenvalue weighted by molar-refractivity contribution is -0.122. The van der Waals surface area contributed by atoms with Gasteiger partial charge in [-0.2, -0.15) is 4.31 Å². The standard InChI is InChI=1S/C11H17N3O3S2/c12-7-9-1-2-10(18-9)19(16,17)14-5-3-8(4-6-14)11(13)15/h1-2,8H,3-7,12H2,(H2,13,15). The third-order valence-corrected chi connectivity index (χ3v) is 6.76. The molecule has 0 unspecified atom stereocenters. The topological polar surface area (TPSA) is 106 Å². The van der Waals surface area contributed by atoms with Crippen LogP contribution in [0.3, 0.4) is 0 Å². The zero-order valence-electron chi connectivity index (χ0n) is 10.4. The molecule has 0 saturated carbocycles. The van der Waals surface area contributed by atoms with Crippen LogP contribution >= 0.6 is 11.3 Å². The van der Waals surface area contributed by atoms with Crippen molar-refractivity contribution >= 4 is 27.3 Å². The van der Waals surface area contributed by atoms with Gasteiger partial charge in [0, 0.05) is 30.4 Å². The first-order chi connectivity index (χ1) is 8.95. The molecule has 8 heteroatoms. The van der Waals surface area contributed by atoms with Crippen LogP contribution in [-0.4, -0.2) is 31.7 Å². The van der Waals surface area contributed by atoms with E-state index in [0.717, 1.165) is 4.88 Å². The Morgan fingerprint density at radius 1 is 1.37 bits per heavy atom. The first-order valence-corrected chi connectivity index (χ1v) is 8.29. The van der Waals surface area contributed by atoms with Gasteiger partial charge in [-0.1, -0.05) is 0 Å². The van der Waals surface area contributed by atoms with E-state index in [0.29, 0.717) is 36.7 Å². The van der Waals surface area contributed by atoms with Crippen LogP contribution in [0.1, 0.15) is 17.7 Å². The highest BCUT2D eigenvalue weighted by Gasteiger charge is 2.31. The summed E-state index contributed by atoms with van der Waals surface area (Å²) in [6.07, 6.45) is 0.980. The highest BCUT2D eigenvalue weighted by molar-refractivity contribution is 7.91. The van der Waals surface area contributed by atoms with Crippen LogP contribution in [0.4, 0.5) is 0 Å². The van der Waals surface area contributed by atoms with Gasteiger partial charge >= 0.3 is 0 Å². The van der Waals surface area contributed by atoms with Gasteiger partial charge in [-0.3, -0.25) is 4.79 Å². The Bertz CT molecular complexity index is 559. The molecule has 4 N–H and O–H groups in total. The summed E-state index contributed by atoms with van der Waals surface area (Å²) in [5.41, 5.74) is 10.7. The zero-order valence-corrected chi connectivity index (χ0v) is 12.0. The predicted octanol–water partition coefficient (Wildman–Crippen LogP) is 0.0928. The van der Waals surface area contributed by atoms with Gasteiger partial charge in [-0.05, 0) is 25.0 Å². The molecular formula is C11H17N3O3S2. The van der Waals surface area contributed by atoms with Gasteiger partial charge in [0.25, 0.3) is 10.0 Å². The van der Waals surface area contributed by atoms with Crippen molar-refractivity contribution in [3.05, 3.63) is 17.0 Å². The maximum absolute atomic E-state index is 12.4. The van der Waals surface area contributed by atoms with Crippen molar-refractivity contribution in [3.63, 3.8) is 0 Å². The Hall–Kier alpha value is -0.960. The summed E-state index contributed by atoms with van der Waals surface area (Å²) in [7, 11) is -3.46. The smallest absolute Gasteiger partial charge is 0.252 e. The second-order valence-electron chi connectivity index (χ2n) is 4.51. The highest BCUT2D eigenvalue weighted by Crippen LogP contribution is 2.28. The molecular weight excluding hydrogens is 286 g/mol. The number of carbonyl (C=O) groups excluding carboxylic acids is 1. The monoisotopic (exact) mass is 303 g/mol. The van der Waals surface area contributed by atoms with Gasteiger partial charge in [-0.15, -0.1) is 11.3 Å². The van der Waals surface area contributed by atoms with E-state index < -0.39 is 10.0 Å². The molecule has 0 aromatic carbocycles. The number of hydrogen-bond acceptors (Lipinski definition) is 5. The molecule has 0 aliphatic carbocycles. The lowest BCUT2D eigenvalue weighted by atomic mass is 9.98. The minimum absolute atomic E-state index is 0.214. The Balaban J connectivity index is 2.11. The van der Waals surface area contributed by atoms with E-state index in [1.54, 1.807) is 12.1 Å². The van der Waals surface area contributed by atoms with E-state index >= 15 is 0 Å². The number of rotatable bonds is 4. The van der Waals surface area contributed by atoms with Crippen molar-refractivity contribution in [1.82, 2.24) is 4.31 Å². The van der Waals surface area contributed by atoms with Gasteiger partial charge in [0.15, 0.2) is 0 Å². The Morgan fingerprint density at radius 2 is 2.00 bits per heavy atom. The molecule has 2 rings (SSSR count). The molecule has 1 fully saturated rings. The minimum Gasteiger partial charge on any atom is -0.369 e. The van der Waals surface area contributed by atoms with E-state index in [1.807, 2.05) is 0 Å². The molecule has 0 radical (unpaired) electrons. The normalized spacial score (nSPS) is 18.6. The third-order valence-electron chi connectivity index (χ3n) is 3.29. The SMILES string of the molecule is NCc1ccc(S(=O)(=O)N2CCC(C(N)=O)CC2)s1. The summed E-state index contributed by atoms with van der Waals surface area (Å²) >= 11 is 1.19. The molecule has 0 atom stereocenters. The van der Waals surface area contributed by atoms with Crippen LogP contribution in [0.5, 0.6) is 0 Å². The van der Waals surface area contributed by atoms with Crippen molar-refractivity contribution in [2.75, 3.05) is 13.1 Å². The fraction of sp³-hybridized carbons (Fsp3) is 0.545. The Morgan fingerprint density at radius 3 is 2.47 bits per heavy atom. The van der Waals surface area contributed by atoms with E-state index in [-0.39, 0.29) is 11.8 Å². The maximum Gasteiger partial charge on any atom is 0.252 e. The summed E-state index contributed by atoms with van der Waals surface area (Å²) < 4.78 is 26.5. The van der Waals surface area contributed by atoms with Crippen LogP contribution in [0, 0.1) is 5.92 Å². The molecule has 0 spiro atoms. The van der Waals surface area contributed by atoms with Gasteiger partial charge < -0.3 is 11.5 Å². The van der Waals surface area contributed by atoms with Crippen LogP contribution in [0.25, 0.3) is 0 Å². The van der Waals surface area contributed by atoms with Crippen molar-refractivity contribution in [2.24, 2.45) is 17.4 Å². The van der Waals surface area contributed by atoms with Gasteiger partial charge in [0.1, 0.15) is 4.21 Å². The fourth-order valence-electron chi connectivity index (χ4n) is 2.11. The molecule has 19 heavy (non-hydrogen) atoms. The summed E-state index contributed by atoms with van der Waals surface area (Å²) in [5.74, 6) is -0.562. The quantitative estimate of drug-likeness (QED) is 0.822. The average Bonchev–Trinajstić information content (AvgIpc) is 2.88. The molecule has 1 aliphatic heterocycles. The molecule has 106 valence electrons. The third kappa shape index (κ3) is 2.97. The molecule has 1 amide bonds. The van der Waals surface area contributed by atoms with Crippen molar-refractivity contribution < 1.29 is 13.2 Å². The number of nitrogens with zero attached hydrogens (tertiary/aromatic N) is 1. The number of piperidine rings is 1. The van der Waals surface area contributed by atoms with Gasteiger partial charge in [0.2, 0.25) is 5.91 Å². The van der Waals surface area contributed by atoms with Crippen molar-refractivity contribution in [2.45, 2.75) is 23.6 Å². The zero-order chi connectivity index (χ0) is 14.0. The summed E-state index contributed by atoms with van der Waals surface area (Å²) in [6, 6.07) is 3.32. The maximum atomic E-state index is 12.4. The summed E-state index contributed by atoms with van der Waals surface area (Å²) in [6.45, 7) is 1.02.